The van der Waals surface area contributed by atoms with Crippen LogP contribution in [0.5, 0.6) is 0 Å². The van der Waals surface area contributed by atoms with E-state index < -0.39 is 0 Å². The van der Waals surface area contributed by atoms with Crippen LogP contribution in [0.3, 0.4) is 0 Å². The molecule has 0 aliphatic rings. The van der Waals surface area contributed by atoms with E-state index in [1.54, 1.807) is 12.3 Å². The van der Waals surface area contributed by atoms with Crippen LogP contribution in [-0.2, 0) is 6.54 Å². The number of aromatic amines is 1. The number of nitrogens with one attached hydrogen (secondary N) is 2. The molecular formula is C16H15N3O. The molecule has 0 fully saturated rings. The molecule has 0 unspecified atom stereocenters. The fourth-order valence-corrected chi connectivity index (χ4v) is 2.21. The van der Waals surface area contributed by atoms with Gasteiger partial charge in [0, 0.05) is 29.3 Å². The Morgan fingerprint density at radius 2 is 1.95 bits per heavy atom. The lowest BCUT2D eigenvalue weighted by Gasteiger charge is -2.04. The third-order valence-corrected chi connectivity index (χ3v) is 3.25. The number of carbonyl (C=O) groups excluding carboxylic acids is 1. The fourth-order valence-electron chi connectivity index (χ4n) is 2.21. The van der Waals surface area contributed by atoms with Gasteiger partial charge < -0.3 is 16.0 Å². The summed E-state index contributed by atoms with van der Waals surface area (Å²) >= 11 is 0. The van der Waals surface area contributed by atoms with Gasteiger partial charge in [-0.25, -0.2) is 0 Å². The van der Waals surface area contributed by atoms with Crippen molar-refractivity contribution < 1.29 is 4.79 Å². The van der Waals surface area contributed by atoms with Crippen molar-refractivity contribution in [3.63, 3.8) is 0 Å². The van der Waals surface area contributed by atoms with Crippen LogP contribution in [0, 0.1) is 0 Å². The van der Waals surface area contributed by atoms with Crippen LogP contribution in [0.2, 0.25) is 0 Å². The van der Waals surface area contributed by atoms with E-state index in [9.17, 15) is 4.79 Å². The van der Waals surface area contributed by atoms with Gasteiger partial charge in [0.05, 0.1) is 5.56 Å². The van der Waals surface area contributed by atoms with Gasteiger partial charge in [0.2, 0.25) is 0 Å². The van der Waals surface area contributed by atoms with Gasteiger partial charge in [0.15, 0.2) is 0 Å². The molecule has 0 radical (unpaired) electrons. The van der Waals surface area contributed by atoms with E-state index in [0.717, 1.165) is 16.5 Å². The topological polar surface area (TPSA) is 70.9 Å². The van der Waals surface area contributed by atoms with Crippen LogP contribution in [0.15, 0.2) is 54.7 Å². The summed E-state index contributed by atoms with van der Waals surface area (Å²) in [7, 11) is 0. The molecule has 4 nitrogen and oxygen atoms in total. The first-order valence-electron chi connectivity index (χ1n) is 6.43. The first-order chi connectivity index (χ1) is 9.74. The molecule has 3 rings (SSSR count). The maximum Gasteiger partial charge on any atom is 0.253 e. The van der Waals surface area contributed by atoms with E-state index in [1.807, 2.05) is 42.5 Å². The number of hydrogen-bond acceptors (Lipinski definition) is 2. The predicted molar refractivity (Wildman–Crippen MR) is 80.3 cm³/mol. The third-order valence-electron chi connectivity index (χ3n) is 3.25. The number of nitrogen functional groups attached to an aromatic ring is 1. The number of hydrogen-bond donors (Lipinski definition) is 3. The average Bonchev–Trinajstić information content (AvgIpc) is 2.89. The Labute approximate surface area is 116 Å². The van der Waals surface area contributed by atoms with Gasteiger partial charge in [-0.2, -0.15) is 0 Å². The van der Waals surface area contributed by atoms with E-state index in [4.69, 9.17) is 5.73 Å². The largest absolute Gasteiger partial charge is 0.399 e. The number of amides is 1. The molecule has 0 aliphatic heterocycles. The smallest absolute Gasteiger partial charge is 0.253 e. The highest BCUT2D eigenvalue weighted by molar-refractivity contribution is 6.07. The number of benzene rings is 2. The molecule has 0 spiro atoms. The van der Waals surface area contributed by atoms with Crippen molar-refractivity contribution in [2.24, 2.45) is 0 Å². The van der Waals surface area contributed by atoms with E-state index in [-0.39, 0.29) is 5.91 Å². The number of fused-ring (bicyclic) bond motifs is 1. The molecule has 2 aromatic carbocycles. The van der Waals surface area contributed by atoms with Crippen LogP contribution >= 0.6 is 0 Å². The summed E-state index contributed by atoms with van der Waals surface area (Å²) in [6.45, 7) is 0.515. The van der Waals surface area contributed by atoms with Gasteiger partial charge in [0.25, 0.3) is 5.91 Å². The molecule has 0 aliphatic carbocycles. The minimum absolute atomic E-state index is 0.0927. The van der Waals surface area contributed by atoms with Gasteiger partial charge >= 0.3 is 0 Å². The normalized spacial score (nSPS) is 10.6. The Kier molecular flexibility index (Phi) is 3.13. The Hall–Kier alpha value is -2.75. The minimum atomic E-state index is -0.0927. The van der Waals surface area contributed by atoms with Gasteiger partial charge in [-0.3, -0.25) is 4.79 Å². The summed E-state index contributed by atoms with van der Waals surface area (Å²) in [4.78, 5) is 15.3. The quantitative estimate of drug-likeness (QED) is 0.637. The van der Waals surface area contributed by atoms with Gasteiger partial charge in [-0.1, -0.05) is 30.3 Å². The molecule has 3 aromatic rings. The van der Waals surface area contributed by atoms with Crippen molar-refractivity contribution in [3.8, 4) is 0 Å². The number of nitrogens with two attached hydrogens (primary N) is 1. The molecule has 0 saturated carbocycles. The Balaban J connectivity index is 1.79. The summed E-state index contributed by atoms with van der Waals surface area (Å²) in [6.07, 6.45) is 1.71. The van der Waals surface area contributed by atoms with Gasteiger partial charge in [0.1, 0.15) is 0 Å². The molecule has 20 heavy (non-hydrogen) atoms. The lowest BCUT2D eigenvalue weighted by molar-refractivity contribution is 0.0952. The van der Waals surface area contributed by atoms with Crippen molar-refractivity contribution in [1.82, 2.24) is 10.3 Å². The van der Waals surface area contributed by atoms with Crippen molar-refractivity contribution in [2.45, 2.75) is 6.54 Å². The highest BCUT2D eigenvalue weighted by Crippen LogP contribution is 2.20. The second-order valence-corrected chi connectivity index (χ2v) is 4.68. The summed E-state index contributed by atoms with van der Waals surface area (Å²) < 4.78 is 0. The molecule has 0 atom stereocenters. The molecule has 1 heterocycles. The van der Waals surface area contributed by atoms with E-state index in [1.165, 1.54) is 0 Å². The number of rotatable bonds is 3. The molecule has 1 aromatic heterocycles. The van der Waals surface area contributed by atoms with Crippen LogP contribution < -0.4 is 11.1 Å². The van der Waals surface area contributed by atoms with E-state index >= 15 is 0 Å². The molecule has 1 amide bonds. The highest BCUT2D eigenvalue weighted by Gasteiger charge is 2.11. The van der Waals surface area contributed by atoms with Crippen LogP contribution in [0.4, 0.5) is 5.69 Å². The zero-order valence-electron chi connectivity index (χ0n) is 10.9. The molecule has 0 saturated heterocycles. The van der Waals surface area contributed by atoms with Crippen molar-refractivity contribution >= 4 is 22.5 Å². The molecule has 4 heteroatoms. The Morgan fingerprint density at radius 3 is 2.75 bits per heavy atom. The highest BCUT2D eigenvalue weighted by atomic mass is 16.1. The van der Waals surface area contributed by atoms with E-state index in [0.29, 0.717) is 17.8 Å². The van der Waals surface area contributed by atoms with Crippen molar-refractivity contribution in [3.05, 3.63) is 65.9 Å². The van der Waals surface area contributed by atoms with Crippen LogP contribution in [-0.4, -0.2) is 10.9 Å². The fraction of sp³-hybridized carbons (Fsp3) is 0.0625. The second kappa shape index (κ2) is 5.09. The second-order valence-electron chi connectivity index (χ2n) is 4.68. The van der Waals surface area contributed by atoms with Crippen LogP contribution in [0.25, 0.3) is 10.9 Å². The SMILES string of the molecule is Nc1ccc2c(C(=O)NCc3ccccc3)c[nH]c2c1. The maximum absolute atomic E-state index is 12.2. The number of anilines is 1. The monoisotopic (exact) mass is 265 g/mol. The number of H-pyrrole nitrogens is 1. The lowest BCUT2D eigenvalue weighted by atomic mass is 10.1. The molecule has 100 valence electrons. The summed E-state index contributed by atoms with van der Waals surface area (Å²) in [5.74, 6) is -0.0927. The van der Waals surface area contributed by atoms with E-state index in [2.05, 4.69) is 10.3 Å². The Morgan fingerprint density at radius 1 is 1.15 bits per heavy atom. The summed E-state index contributed by atoms with van der Waals surface area (Å²) in [5.41, 5.74) is 8.98. The number of carbonyl (C=O) groups is 1. The predicted octanol–water partition coefficient (Wildman–Crippen LogP) is 2.68. The lowest BCUT2D eigenvalue weighted by Crippen LogP contribution is -2.22. The first kappa shape index (κ1) is 12.3. The minimum Gasteiger partial charge on any atom is -0.399 e. The first-order valence-corrected chi connectivity index (χ1v) is 6.43. The van der Waals surface area contributed by atoms with Crippen molar-refractivity contribution in [1.29, 1.82) is 0 Å². The maximum atomic E-state index is 12.2. The molecule has 4 N–H and O–H groups in total. The Bertz CT molecular complexity index is 747. The summed E-state index contributed by atoms with van der Waals surface area (Å²) in [5, 5.41) is 3.80. The van der Waals surface area contributed by atoms with Gasteiger partial charge in [-0.15, -0.1) is 0 Å². The zero-order valence-corrected chi connectivity index (χ0v) is 10.9. The standard InChI is InChI=1S/C16H15N3O/c17-12-6-7-13-14(10-18-15(13)8-12)16(20)19-9-11-4-2-1-3-5-11/h1-8,10,18H,9,17H2,(H,19,20). The summed E-state index contributed by atoms with van der Waals surface area (Å²) in [6, 6.07) is 15.3. The van der Waals surface area contributed by atoms with Gasteiger partial charge in [-0.05, 0) is 23.8 Å². The third kappa shape index (κ3) is 2.36. The molecule has 0 bridgehead atoms. The zero-order chi connectivity index (χ0) is 13.9. The molecular weight excluding hydrogens is 250 g/mol. The number of aromatic nitrogens is 1. The van der Waals surface area contributed by atoms with Crippen LogP contribution in [0.1, 0.15) is 15.9 Å². The van der Waals surface area contributed by atoms with Crippen molar-refractivity contribution in [2.75, 3.05) is 5.73 Å². The average molecular weight is 265 g/mol.